The maximum atomic E-state index is 11.5. The van der Waals surface area contributed by atoms with Crippen molar-refractivity contribution >= 4 is 34.6 Å². The van der Waals surface area contributed by atoms with E-state index in [1.165, 1.54) is 56.8 Å². The highest BCUT2D eigenvalue weighted by molar-refractivity contribution is 5.92. The number of ether oxygens (including phenoxy) is 2. The first kappa shape index (κ1) is 28.6. The number of hydrogen-bond donors (Lipinski definition) is 5. The number of carbonyl (C=O) groups excluding carboxylic acids is 2. The van der Waals surface area contributed by atoms with Crippen LogP contribution >= 0.6 is 0 Å². The molecule has 14 heteroatoms. The Kier molecular flexibility index (Phi) is 9.34. The zero-order chi connectivity index (χ0) is 29.2. The lowest BCUT2D eigenvalue weighted by Gasteiger charge is -2.08. The van der Waals surface area contributed by atoms with Gasteiger partial charge in [0.1, 0.15) is 40.1 Å². The zero-order valence-corrected chi connectivity index (χ0v) is 21.5. The Bertz CT molecular complexity index is 1550. The average Bonchev–Trinajstić information content (AvgIpc) is 2.95. The molecule has 0 aliphatic carbocycles. The molecule has 0 spiro atoms. The van der Waals surface area contributed by atoms with E-state index < -0.39 is 4.92 Å². The largest absolute Gasteiger partial charge is 0.457 e. The lowest BCUT2D eigenvalue weighted by Crippen LogP contribution is -2.18. The van der Waals surface area contributed by atoms with Gasteiger partial charge in [-0.3, -0.25) is 29.7 Å². The molecule has 14 nitrogen and oxygen atoms in total. The summed E-state index contributed by atoms with van der Waals surface area (Å²) in [5.41, 5.74) is 18.0. The molecule has 0 saturated carbocycles. The molecule has 0 unspecified atom stereocenters. The first-order valence-corrected chi connectivity index (χ1v) is 11.5. The molecule has 2 amide bonds. The van der Waals surface area contributed by atoms with Crippen molar-refractivity contribution in [2.24, 2.45) is 0 Å². The van der Waals surface area contributed by atoms with Gasteiger partial charge in [-0.1, -0.05) is 0 Å². The van der Waals surface area contributed by atoms with Crippen molar-refractivity contribution in [2.45, 2.75) is 0 Å². The number of benzene rings is 2. The molecule has 4 rings (SSSR count). The number of nitrogen functional groups attached to an aromatic ring is 3. The highest BCUT2D eigenvalue weighted by atomic mass is 16.6. The molecule has 8 N–H and O–H groups in total. The lowest BCUT2D eigenvalue weighted by atomic mass is 10.2. The van der Waals surface area contributed by atoms with Gasteiger partial charge in [0.25, 0.3) is 17.5 Å². The van der Waals surface area contributed by atoms with Gasteiger partial charge in [-0.25, -0.2) is 0 Å². The second kappa shape index (κ2) is 13.0. The summed E-state index contributed by atoms with van der Waals surface area (Å²) in [5.74, 6) is 0.983. The van der Waals surface area contributed by atoms with Gasteiger partial charge in [0.15, 0.2) is 0 Å². The third kappa shape index (κ3) is 7.55. The number of pyridine rings is 2. The molecule has 4 aromatic rings. The van der Waals surface area contributed by atoms with Crippen LogP contribution in [0.15, 0.2) is 73.1 Å². The van der Waals surface area contributed by atoms with Crippen LogP contribution in [0.3, 0.4) is 0 Å². The Morgan fingerprint density at radius 2 is 1.15 bits per heavy atom. The van der Waals surface area contributed by atoms with E-state index in [1.54, 1.807) is 30.3 Å². The van der Waals surface area contributed by atoms with Crippen LogP contribution in [0.2, 0.25) is 0 Å². The maximum Gasteiger partial charge on any atom is 0.295 e. The Morgan fingerprint density at radius 3 is 1.60 bits per heavy atom. The third-order valence-electron chi connectivity index (χ3n) is 5.11. The van der Waals surface area contributed by atoms with E-state index in [2.05, 4.69) is 20.6 Å². The minimum Gasteiger partial charge on any atom is -0.457 e. The Morgan fingerprint density at radius 1 is 0.700 bits per heavy atom. The second-order valence-corrected chi connectivity index (χ2v) is 7.88. The van der Waals surface area contributed by atoms with Crippen molar-refractivity contribution in [2.75, 3.05) is 31.3 Å². The number of amides is 2. The average molecular weight is 547 g/mol. The van der Waals surface area contributed by atoms with Crippen LogP contribution in [0.1, 0.15) is 21.0 Å². The minimum absolute atomic E-state index is 0.0492. The van der Waals surface area contributed by atoms with Gasteiger partial charge < -0.3 is 37.3 Å². The van der Waals surface area contributed by atoms with Crippen molar-refractivity contribution < 1.29 is 24.0 Å². The summed E-state index contributed by atoms with van der Waals surface area (Å²) < 4.78 is 11.1. The zero-order valence-electron chi connectivity index (χ0n) is 21.5. The van der Waals surface area contributed by atoms with Crippen LogP contribution in [0.5, 0.6) is 23.0 Å². The van der Waals surface area contributed by atoms with E-state index in [0.717, 1.165) is 0 Å². The molecule has 0 aliphatic heterocycles. The fourth-order valence-electron chi connectivity index (χ4n) is 3.09. The number of rotatable bonds is 7. The fourth-order valence-corrected chi connectivity index (χ4v) is 3.09. The van der Waals surface area contributed by atoms with Crippen LogP contribution in [-0.2, 0) is 0 Å². The van der Waals surface area contributed by atoms with Gasteiger partial charge in [0, 0.05) is 44.7 Å². The number of anilines is 3. The predicted molar refractivity (Wildman–Crippen MR) is 148 cm³/mol. The van der Waals surface area contributed by atoms with Crippen molar-refractivity contribution in [1.29, 1.82) is 0 Å². The molecule has 0 bridgehead atoms. The highest BCUT2D eigenvalue weighted by Gasteiger charge is 2.14. The molecule has 2 aromatic carbocycles. The topological polar surface area (TPSA) is 224 Å². The number of nitrogens with two attached hydrogens (primary N) is 3. The Balaban J connectivity index is 0.000000222. The van der Waals surface area contributed by atoms with E-state index in [0.29, 0.717) is 28.6 Å². The van der Waals surface area contributed by atoms with Crippen molar-refractivity contribution in [3.05, 3.63) is 94.6 Å². The number of hydrogen-bond acceptors (Lipinski definition) is 11. The van der Waals surface area contributed by atoms with E-state index >= 15 is 0 Å². The summed E-state index contributed by atoms with van der Waals surface area (Å²) in [6, 6.07) is 15.2. The van der Waals surface area contributed by atoms with Gasteiger partial charge in [0.05, 0.1) is 22.4 Å². The number of nitro benzene ring substituents is 1. The number of carbonyl (C=O) groups is 2. The molecule has 0 radical (unpaired) electrons. The minimum atomic E-state index is -0.593. The van der Waals surface area contributed by atoms with Crippen molar-refractivity contribution in [3.63, 3.8) is 0 Å². The first-order valence-electron chi connectivity index (χ1n) is 11.5. The van der Waals surface area contributed by atoms with Crippen LogP contribution in [-0.4, -0.2) is 40.8 Å². The SMILES string of the molecule is CNC(=O)c1cc(Oc2ccc(N)c(N)c2)ccn1.CNC(=O)c1cc(Oc2ccc(N)c([N+](=O)[O-])c2)ccn1. The lowest BCUT2D eigenvalue weighted by molar-refractivity contribution is -0.384. The molecule has 2 aromatic heterocycles. The van der Waals surface area contributed by atoms with E-state index in [9.17, 15) is 19.7 Å². The third-order valence-corrected chi connectivity index (χ3v) is 5.11. The second-order valence-electron chi connectivity index (χ2n) is 7.88. The molecule has 0 aliphatic rings. The summed E-state index contributed by atoms with van der Waals surface area (Å²) >= 11 is 0. The summed E-state index contributed by atoms with van der Waals surface area (Å²) in [7, 11) is 3.03. The van der Waals surface area contributed by atoms with Crippen LogP contribution in [0.25, 0.3) is 0 Å². The summed E-state index contributed by atoms with van der Waals surface area (Å²) in [5, 5.41) is 15.8. The smallest absolute Gasteiger partial charge is 0.295 e. The Labute approximate surface area is 228 Å². The molecular formula is C26H26N8O6. The monoisotopic (exact) mass is 546 g/mol. The van der Waals surface area contributed by atoms with Crippen molar-refractivity contribution in [3.8, 4) is 23.0 Å². The summed E-state index contributed by atoms with van der Waals surface area (Å²) in [6.45, 7) is 0. The van der Waals surface area contributed by atoms with Gasteiger partial charge in [-0.15, -0.1) is 0 Å². The fraction of sp³-hybridized carbons (Fsp3) is 0.0769. The molecule has 0 fully saturated rings. The first-order chi connectivity index (χ1) is 19.1. The number of nitrogens with one attached hydrogen (secondary N) is 2. The summed E-state index contributed by atoms with van der Waals surface area (Å²) in [4.78, 5) is 41.0. The number of nitrogens with zero attached hydrogens (tertiary/aromatic N) is 3. The van der Waals surface area contributed by atoms with Gasteiger partial charge >= 0.3 is 0 Å². The molecule has 40 heavy (non-hydrogen) atoms. The summed E-state index contributed by atoms with van der Waals surface area (Å²) in [6.07, 6.45) is 2.91. The molecule has 0 saturated heterocycles. The van der Waals surface area contributed by atoms with Crippen LogP contribution in [0.4, 0.5) is 22.7 Å². The number of aromatic nitrogens is 2. The van der Waals surface area contributed by atoms with E-state index in [-0.39, 0.29) is 40.3 Å². The van der Waals surface area contributed by atoms with Gasteiger partial charge in [0.2, 0.25) is 0 Å². The Hall–Kier alpha value is -5.92. The highest BCUT2D eigenvalue weighted by Crippen LogP contribution is 2.30. The molecule has 0 atom stereocenters. The van der Waals surface area contributed by atoms with Crippen LogP contribution in [0, 0.1) is 10.1 Å². The van der Waals surface area contributed by atoms with Crippen LogP contribution < -0.4 is 37.3 Å². The normalized spacial score (nSPS) is 9.95. The van der Waals surface area contributed by atoms with Gasteiger partial charge in [-0.2, -0.15) is 0 Å². The van der Waals surface area contributed by atoms with Gasteiger partial charge in [-0.05, 0) is 36.4 Å². The standard InChI is InChI=1S/C13H12N4O4.C13H14N4O2/c1-15-13(18)11-6-9(4-5-16-11)21-8-2-3-10(14)12(7-8)17(19)20;1-16-13(18)12-7-9(4-5-17-12)19-8-2-3-10(14)11(15)6-8/h2-7H,14H2,1H3,(H,15,18);2-7H,14-15H2,1H3,(H,16,18). The molecule has 2 heterocycles. The van der Waals surface area contributed by atoms with E-state index in [4.69, 9.17) is 26.7 Å². The molecule has 206 valence electrons. The maximum absolute atomic E-state index is 11.5. The van der Waals surface area contributed by atoms with E-state index in [1.807, 2.05) is 0 Å². The number of nitro groups is 1. The van der Waals surface area contributed by atoms with Crippen molar-refractivity contribution in [1.82, 2.24) is 20.6 Å². The predicted octanol–water partition coefficient (Wildman–Crippen LogP) is 3.12. The quantitative estimate of drug-likeness (QED) is 0.129. The molecular weight excluding hydrogens is 520 g/mol.